The van der Waals surface area contributed by atoms with Crippen LogP contribution >= 0.6 is 0 Å². The van der Waals surface area contributed by atoms with Gasteiger partial charge in [-0.25, -0.2) is 0 Å². The number of carboxylic acid groups (broad SMARTS) is 1. The van der Waals surface area contributed by atoms with Crippen molar-refractivity contribution in [2.75, 3.05) is 13.1 Å². The molecule has 0 aromatic heterocycles. The second-order valence-corrected chi connectivity index (χ2v) is 4.42. The van der Waals surface area contributed by atoms with Gasteiger partial charge in [-0.3, -0.25) is 9.59 Å². The smallest absolute Gasteiger partial charge is 0.406 e. The molecule has 0 aliphatic heterocycles. The first-order chi connectivity index (χ1) is 6.93. The SMILES string of the molecule is CC(C)(C)C(=O)N(CC(=O)O)CC(F)(F)F. The van der Waals surface area contributed by atoms with E-state index in [-0.39, 0.29) is 0 Å². The van der Waals surface area contributed by atoms with E-state index in [2.05, 4.69) is 0 Å². The molecule has 0 radical (unpaired) electrons. The molecule has 7 heteroatoms. The molecule has 94 valence electrons. The van der Waals surface area contributed by atoms with Gasteiger partial charge in [0.15, 0.2) is 0 Å². The molecule has 0 saturated heterocycles. The molecule has 0 bridgehead atoms. The molecule has 0 spiro atoms. The average Bonchev–Trinajstić information content (AvgIpc) is 1.96. The van der Waals surface area contributed by atoms with E-state index in [1.807, 2.05) is 0 Å². The molecule has 0 aliphatic rings. The molecule has 4 nitrogen and oxygen atoms in total. The van der Waals surface area contributed by atoms with Crippen LogP contribution in [0.2, 0.25) is 0 Å². The molecule has 0 heterocycles. The number of alkyl halides is 3. The zero-order chi connectivity index (χ0) is 13.1. The minimum absolute atomic E-state index is 0.294. The first-order valence-electron chi connectivity index (χ1n) is 4.51. The van der Waals surface area contributed by atoms with E-state index in [4.69, 9.17) is 5.11 Å². The summed E-state index contributed by atoms with van der Waals surface area (Å²) in [5.74, 6) is -2.31. The zero-order valence-electron chi connectivity index (χ0n) is 9.26. The number of nitrogens with zero attached hydrogens (tertiary/aromatic N) is 1. The fourth-order valence-electron chi connectivity index (χ4n) is 1.05. The first kappa shape index (κ1) is 14.7. The number of carbonyl (C=O) groups is 2. The van der Waals surface area contributed by atoms with E-state index in [0.717, 1.165) is 0 Å². The van der Waals surface area contributed by atoms with E-state index >= 15 is 0 Å². The second kappa shape index (κ2) is 4.71. The Bertz CT molecular complexity index is 281. The standard InChI is InChI=1S/C9H14F3NO3/c1-8(2,3)7(16)13(4-6(14)15)5-9(10,11)12/h4-5H2,1-3H3,(H,14,15). The minimum atomic E-state index is -4.60. The lowest BCUT2D eigenvalue weighted by Gasteiger charge is -2.28. The lowest BCUT2D eigenvalue weighted by Crippen LogP contribution is -2.46. The van der Waals surface area contributed by atoms with E-state index in [1.54, 1.807) is 0 Å². The maximum Gasteiger partial charge on any atom is 0.406 e. The Morgan fingerprint density at radius 3 is 1.88 bits per heavy atom. The molecule has 0 fully saturated rings. The van der Waals surface area contributed by atoms with Gasteiger partial charge in [-0.2, -0.15) is 13.2 Å². The minimum Gasteiger partial charge on any atom is -0.480 e. The van der Waals surface area contributed by atoms with E-state index in [1.165, 1.54) is 20.8 Å². The number of hydrogen-bond acceptors (Lipinski definition) is 2. The monoisotopic (exact) mass is 241 g/mol. The normalized spacial score (nSPS) is 12.4. The van der Waals surface area contributed by atoms with Crippen molar-refractivity contribution in [3.05, 3.63) is 0 Å². The van der Waals surface area contributed by atoms with Crippen LogP contribution in [-0.4, -0.2) is 41.1 Å². The molecule has 16 heavy (non-hydrogen) atoms. The topological polar surface area (TPSA) is 57.6 Å². The highest BCUT2D eigenvalue weighted by atomic mass is 19.4. The number of carbonyl (C=O) groups excluding carboxylic acids is 1. The molecule has 0 aromatic carbocycles. The predicted octanol–water partition coefficient (Wildman–Crippen LogP) is 1.51. The number of hydrogen-bond donors (Lipinski definition) is 1. The van der Waals surface area contributed by atoms with Crippen LogP contribution in [0, 0.1) is 5.41 Å². The van der Waals surface area contributed by atoms with Crippen molar-refractivity contribution < 1.29 is 27.9 Å². The van der Waals surface area contributed by atoms with Crippen molar-refractivity contribution in [2.45, 2.75) is 26.9 Å². The van der Waals surface area contributed by atoms with Gasteiger partial charge in [0.1, 0.15) is 13.1 Å². The molecule has 1 N–H and O–H groups in total. The summed E-state index contributed by atoms with van der Waals surface area (Å²) in [4.78, 5) is 22.2. The van der Waals surface area contributed by atoms with Gasteiger partial charge in [-0.1, -0.05) is 20.8 Å². The zero-order valence-corrected chi connectivity index (χ0v) is 9.26. The van der Waals surface area contributed by atoms with Crippen LogP contribution in [0.5, 0.6) is 0 Å². The number of aliphatic carboxylic acids is 1. The van der Waals surface area contributed by atoms with Crippen LogP contribution in [0.4, 0.5) is 13.2 Å². The number of rotatable bonds is 3. The third-order valence-electron chi connectivity index (χ3n) is 1.63. The average molecular weight is 241 g/mol. The Morgan fingerprint density at radius 2 is 1.62 bits per heavy atom. The van der Waals surface area contributed by atoms with Gasteiger partial charge in [0.2, 0.25) is 5.91 Å². The molecule has 0 saturated carbocycles. The van der Waals surface area contributed by atoms with Crippen LogP contribution in [-0.2, 0) is 9.59 Å². The Hall–Kier alpha value is -1.27. The lowest BCUT2D eigenvalue weighted by atomic mass is 9.94. The van der Waals surface area contributed by atoms with Crippen molar-refractivity contribution in [1.29, 1.82) is 0 Å². The van der Waals surface area contributed by atoms with Gasteiger partial charge in [-0.05, 0) is 0 Å². The van der Waals surface area contributed by atoms with Gasteiger partial charge < -0.3 is 10.0 Å². The molecule has 0 atom stereocenters. The van der Waals surface area contributed by atoms with Gasteiger partial charge in [0, 0.05) is 5.41 Å². The highest BCUT2D eigenvalue weighted by Crippen LogP contribution is 2.22. The fraction of sp³-hybridized carbons (Fsp3) is 0.778. The van der Waals surface area contributed by atoms with E-state index in [0.29, 0.717) is 4.90 Å². The molecular formula is C9H14F3NO3. The van der Waals surface area contributed by atoms with Crippen molar-refractivity contribution >= 4 is 11.9 Å². The summed E-state index contributed by atoms with van der Waals surface area (Å²) in [6, 6.07) is 0. The highest BCUT2D eigenvalue weighted by Gasteiger charge is 2.37. The summed E-state index contributed by atoms with van der Waals surface area (Å²) in [6.45, 7) is 1.80. The molecular weight excluding hydrogens is 227 g/mol. The lowest BCUT2D eigenvalue weighted by molar-refractivity contribution is -0.170. The summed E-state index contributed by atoms with van der Waals surface area (Å²) in [5.41, 5.74) is -1.04. The second-order valence-electron chi connectivity index (χ2n) is 4.42. The summed E-state index contributed by atoms with van der Waals surface area (Å²) in [6.07, 6.45) is -4.60. The van der Waals surface area contributed by atoms with E-state index < -0.39 is 36.6 Å². The summed E-state index contributed by atoms with van der Waals surface area (Å²) >= 11 is 0. The van der Waals surface area contributed by atoms with Crippen molar-refractivity contribution in [3.8, 4) is 0 Å². The van der Waals surface area contributed by atoms with Crippen molar-refractivity contribution in [1.82, 2.24) is 4.90 Å². The summed E-state index contributed by atoms with van der Waals surface area (Å²) in [5, 5.41) is 8.43. The van der Waals surface area contributed by atoms with Crippen LogP contribution < -0.4 is 0 Å². The summed E-state index contributed by atoms with van der Waals surface area (Å²) in [7, 11) is 0. The number of carboxylic acids is 1. The van der Waals surface area contributed by atoms with Crippen LogP contribution in [0.3, 0.4) is 0 Å². The predicted molar refractivity (Wildman–Crippen MR) is 49.7 cm³/mol. The molecule has 0 aliphatic carbocycles. The molecule has 0 aromatic rings. The van der Waals surface area contributed by atoms with Gasteiger partial charge in [0.25, 0.3) is 0 Å². The Labute approximate surface area is 91.0 Å². The first-order valence-corrected chi connectivity index (χ1v) is 4.51. The van der Waals surface area contributed by atoms with Crippen molar-refractivity contribution in [2.24, 2.45) is 5.41 Å². The quantitative estimate of drug-likeness (QED) is 0.814. The van der Waals surface area contributed by atoms with Crippen LogP contribution in [0.15, 0.2) is 0 Å². The number of halogens is 3. The van der Waals surface area contributed by atoms with Crippen LogP contribution in [0.1, 0.15) is 20.8 Å². The van der Waals surface area contributed by atoms with Gasteiger partial charge >= 0.3 is 12.1 Å². The Morgan fingerprint density at radius 1 is 1.19 bits per heavy atom. The third kappa shape index (κ3) is 5.57. The highest BCUT2D eigenvalue weighted by molar-refractivity contribution is 5.85. The molecule has 1 amide bonds. The largest absolute Gasteiger partial charge is 0.480 e. The van der Waals surface area contributed by atoms with Gasteiger partial charge in [-0.15, -0.1) is 0 Å². The Kier molecular flexibility index (Phi) is 4.34. The number of amides is 1. The van der Waals surface area contributed by atoms with Crippen LogP contribution in [0.25, 0.3) is 0 Å². The van der Waals surface area contributed by atoms with Crippen molar-refractivity contribution in [3.63, 3.8) is 0 Å². The van der Waals surface area contributed by atoms with E-state index in [9.17, 15) is 22.8 Å². The molecule has 0 rings (SSSR count). The maximum atomic E-state index is 12.1. The molecule has 0 unspecified atom stereocenters. The van der Waals surface area contributed by atoms with Gasteiger partial charge in [0.05, 0.1) is 0 Å². The third-order valence-corrected chi connectivity index (χ3v) is 1.63. The summed E-state index contributed by atoms with van der Waals surface area (Å²) < 4.78 is 36.4. The maximum absolute atomic E-state index is 12.1. The fourth-order valence-corrected chi connectivity index (χ4v) is 1.05. The Balaban J connectivity index is 4.81.